The van der Waals surface area contributed by atoms with Gasteiger partial charge in [-0.25, -0.2) is 0 Å². The van der Waals surface area contributed by atoms with Crippen LogP contribution in [0.1, 0.15) is 26.7 Å². The summed E-state index contributed by atoms with van der Waals surface area (Å²) in [4.78, 5) is 9.65. The van der Waals surface area contributed by atoms with Gasteiger partial charge in [-0.2, -0.15) is 0 Å². The molecule has 0 saturated carbocycles. The van der Waals surface area contributed by atoms with Crippen LogP contribution in [0.5, 0.6) is 0 Å². The van der Waals surface area contributed by atoms with Crippen molar-refractivity contribution < 1.29 is 4.79 Å². The van der Waals surface area contributed by atoms with Crippen LogP contribution < -0.4 is 5.32 Å². The maximum atomic E-state index is 9.65. The van der Waals surface area contributed by atoms with E-state index in [1.54, 1.807) is 0 Å². The molecule has 0 atom stereocenters. The lowest BCUT2D eigenvalue weighted by Gasteiger charge is -1.89. The first kappa shape index (κ1) is 11.4. The van der Waals surface area contributed by atoms with Crippen LogP contribution in [-0.4, -0.2) is 19.9 Å². The van der Waals surface area contributed by atoms with Gasteiger partial charge >= 0.3 is 0 Å². The summed E-state index contributed by atoms with van der Waals surface area (Å²) < 4.78 is 0. The summed E-state index contributed by atoms with van der Waals surface area (Å²) in [6.07, 6.45) is 2.58. The van der Waals surface area contributed by atoms with Gasteiger partial charge in [-0.05, 0) is 20.0 Å². The molecule has 0 aliphatic carbocycles. The molecule has 56 valence electrons. The molecule has 0 fully saturated rings. The van der Waals surface area contributed by atoms with Crippen molar-refractivity contribution in [3.63, 3.8) is 0 Å². The Labute approximate surface area is 57.6 Å². The Bertz CT molecular complexity index is 46.2. The summed E-state index contributed by atoms with van der Waals surface area (Å²) in [6.45, 7) is 4.94. The number of nitrogens with one attached hydrogen (secondary N) is 1. The van der Waals surface area contributed by atoms with Crippen molar-refractivity contribution in [3.05, 3.63) is 0 Å². The van der Waals surface area contributed by atoms with Crippen molar-refractivity contribution in [1.29, 1.82) is 0 Å². The van der Waals surface area contributed by atoms with Crippen LogP contribution in [0.3, 0.4) is 0 Å². The quantitative estimate of drug-likeness (QED) is 0.459. The predicted octanol–water partition coefficient (Wildman–Crippen LogP) is 1.21. The van der Waals surface area contributed by atoms with Crippen molar-refractivity contribution in [1.82, 2.24) is 5.32 Å². The minimum atomic E-state index is 0.681. The first-order valence-electron chi connectivity index (χ1n) is 3.50. The van der Waals surface area contributed by atoms with E-state index in [9.17, 15) is 4.79 Å². The lowest BCUT2D eigenvalue weighted by Crippen LogP contribution is -2.06. The normalized spacial score (nSPS) is 7.44. The Morgan fingerprint density at radius 3 is 2.33 bits per heavy atom. The summed E-state index contributed by atoms with van der Waals surface area (Å²) in [6, 6.07) is 0. The van der Waals surface area contributed by atoms with Gasteiger partial charge in [0.15, 0.2) is 0 Å². The van der Waals surface area contributed by atoms with Crippen LogP contribution in [0.25, 0.3) is 0 Å². The van der Waals surface area contributed by atoms with Gasteiger partial charge in [0.1, 0.15) is 6.29 Å². The second kappa shape index (κ2) is 15.6. The Hall–Kier alpha value is -0.370. The molecule has 9 heavy (non-hydrogen) atoms. The summed E-state index contributed by atoms with van der Waals surface area (Å²) in [5, 5.41) is 2.94. The lowest BCUT2D eigenvalue weighted by molar-refractivity contribution is -0.107. The first-order valence-corrected chi connectivity index (χ1v) is 3.50. The van der Waals surface area contributed by atoms with E-state index in [0.29, 0.717) is 6.42 Å². The smallest absolute Gasteiger partial charge is 0.120 e. The van der Waals surface area contributed by atoms with Crippen LogP contribution in [0.2, 0.25) is 0 Å². The van der Waals surface area contributed by atoms with Crippen LogP contribution >= 0.6 is 0 Å². The van der Waals surface area contributed by atoms with E-state index in [4.69, 9.17) is 0 Å². The Morgan fingerprint density at radius 2 is 2.00 bits per heavy atom. The van der Waals surface area contributed by atoms with Gasteiger partial charge in [0, 0.05) is 6.42 Å². The average Bonchev–Trinajstić information content (AvgIpc) is 1.94. The van der Waals surface area contributed by atoms with E-state index in [0.717, 1.165) is 19.3 Å². The fourth-order valence-electron chi connectivity index (χ4n) is 0.362. The molecule has 0 aromatic carbocycles. The van der Waals surface area contributed by atoms with E-state index in [1.807, 2.05) is 20.9 Å². The maximum Gasteiger partial charge on any atom is 0.120 e. The molecule has 0 amide bonds. The molecule has 0 aliphatic rings. The molecule has 0 spiro atoms. The molecule has 0 saturated heterocycles. The van der Waals surface area contributed by atoms with Gasteiger partial charge in [-0.15, -0.1) is 0 Å². The van der Waals surface area contributed by atoms with E-state index < -0.39 is 0 Å². The number of carbonyl (C=O) groups excluding carboxylic acids is 1. The minimum Gasteiger partial charge on any atom is -0.320 e. The molecule has 0 heterocycles. The third-order valence-electron chi connectivity index (χ3n) is 0.749. The topological polar surface area (TPSA) is 29.1 Å². The zero-order valence-electron chi connectivity index (χ0n) is 6.61. The molecule has 0 aromatic rings. The molecule has 2 heteroatoms. The third kappa shape index (κ3) is 18.4. The molecule has 0 bridgehead atoms. The van der Waals surface area contributed by atoms with E-state index in [2.05, 4.69) is 5.32 Å². The monoisotopic (exact) mass is 131 g/mol. The van der Waals surface area contributed by atoms with Crippen molar-refractivity contribution in [2.75, 3.05) is 13.6 Å². The molecule has 1 N–H and O–H groups in total. The highest BCUT2D eigenvalue weighted by atomic mass is 16.1. The largest absolute Gasteiger partial charge is 0.320 e. The molecule has 2 nitrogen and oxygen atoms in total. The van der Waals surface area contributed by atoms with Crippen molar-refractivity contribution >= 4 is 6.29 Å². The minimum absolute atomic E-state index is 0.681. The third-order valence-corrected chi connectivity index (χ3v) is 0.749. The fraction of sp³-hybridized carbons (Fsp3) is 0.857. The predicted molar refractivity (Wildman–Crippen MR) is 40.6 cm³/mol. The Balaban J connectivity index is 0. The van der Waals surface area contributed by atoms with Gasteiger partial charge < -0.3 is 10.1 Å². The standard InChI is InChI=1S/C5H11NO.C2H6/c1-6-4-2-3-5-7;1-2/h5-6H,2-4H2,1H3;1-2H3. The molecular weight excluding hydrogens is 114 g/mol. The van der Waals surface area contributed by atoms with E-state index >= 15 is 0 Å². The summed E-state index contributed by atoms with van der Waals surface area (Å²) in [5.74, 6) is 0. The Morgan fingerprint density at radius 1 is 1.44 bits per heavy atom. The summed E-state index contributed by atoms with van der Waals surface area (Å²) in [7, 11) is 1.88. The van der Waals surface area contributed by atoms with Gasteiger partial charge in [0.05, 0.1) is 0 Å². The van der Waals surface area contributed by atoms with E-state index in [1.165, 1.54) is 0 Å². The van der Waals surface area contributed by atoms with Crippen LogP contribution in [0.15, 0.2) is 0 Å². The lowest BCUT2D eigenvalue weighted by atomic mass is 10.3. The highest BCUT2D eigenvalue weighted by Gasteiger charge is 1.78. The summed E-state index contributed by atoms with van der Waals surface area (Å²) >= 11 is 0. The van der Waals surface area contributed by atoms with Crippen LogP contribution in [0, 0.1) is 0 Å². The maximum absolute atomic E-state index is 9.65. The van der Waals surface area contributed by atoms with E-state index in [-0.39, 0.29) is 0 Å². The van der Waals surface area contributed by atoms with Crippen molar-refractivity contribution in [3.8, 4) is 0 Å². The zero-order chi connectivity index (χ0) is 7.54. The zero-order valence-corrected chi connectivity index (χ0v) is 6.61. The Kier molecular flexibility index (Phi) is 19.9. The number of rotatable bonds is 4. The molecule has 0 radical (unpaired) electrons. The molecule has 0 rings (SSSR count). The number of aldehydes is 1. The van der Waals surface area contributed by atoms with Crippen molar-refractivity contribution in [2.45, 2.75) is 26.7 Å². The van der Waals surface area contributed by atoms with Gasteiger partial charge in [-0.3, -0.25) is 0 Å². The molecule has 0 unspecified atom stereocenters. The number of hydrogen-bond donors (Lipinski definition) is 1. The van der Waals surface area contributed by atoms with Crippen LogP contribution in [0.4, 0.5) is 0 Å². The second-order valence-corrected chi connectivity index (χ2v) is 1.41. The summed E-state index contributed by atoms with van der Waals surface area (Å²) in [5.41, 5.74) is 0. The van der Waals surface area contributed by atoms with Gasteiger partial charge in [0.25, 0.3) is 0 Å². The molecule has 0 aliphatic heterocycles. The fourth-order valence-corrected chi connectivity index (χ4v) is 0.362. The number of hydrogen-bond acceptors (Lipinski definition) is 2. The second-order valence-electron chi connectivity index (χ2n) is 1.41. The highest BCUT2D eigenvalue weighted by molar-refractivity contribution is 5.48. The van der Waals surface area contributed by atoms with Crippen molar-refractivity contribution in [2.24, 2.45) is 0 Å². The highest BCUT2D eigenvalue weighted by Crippen LogP contribution is 1.77. The molecular formula is C7H17NO. The molecule has 0 aromatic heterocycles. The van der Waals surface area contributed by atoms with Crippen LogP contribution in [-0.2, 0) is 4.79 Å². The average molecular weight is 131 g/mol. The van der Waals surface area contributed by atoms with Gasteiger partial charge in [0.2, 0.25) is 0 Å². The van der Waals surface area contributed by atoms with Gasteiger partial charge in [-0.1, -0.05) is 13.8 Å². The first-order chi connectivity index (χ1) is 4.41. The number of carbonyl (C=O) groups is 1. The number of unbranched alkanes of at least 4 members (excludes halogenated alkanes) is 1. The SMILES string of the molecule is CC.CNCCCC=O.